The van der Waals surface area contributed by atoms with Gasteiger partial charge in [-0.3, -0.25) is 9.59 Å². The molecule has 3 N–H and O–H groups in total. The molecule has 1 saturated heterocycles. The summed E-state index contributed by atoms with van der Waals surface area (Å²) in [6, 6.07) is 7.70. The van der Waals surface area contributed by atoms with Gasteiger partial charge in [-0.1, -0.05) is 17.3 Å². The van der Waals surface area contributed by atoms with Crippen molar-refractivity contribution in [1.29, 1.82) is 0 Å². The number of hydrogen-bond donors (Lipinski definition) is 3. The first kappa shape index (κ1) is 17.9. The fourth-order valence-electron chi connectivity index (χ4n) is 3.10. The number of H-pyrrole nitrogens is 1. The molecule has 3 aromatic rings. The number of piperidine rings is 1. The number of carbonyl (C=O) groups excluding carboxylic acids is 2. The Bertz CT molecular complexity index is 995. The van der Waals surface area contributed by atoms with E-state index in [-0.39, 0.29) is 36.0 Å². The van der Waals surface area contributed by atoms with Crippen LogP contribution in [0, 0.1) is 5.82 Å². The summed E-state index contributed by atoms with van der Waals surface area (Å²) in [4.78, 5) is 31.0. The predicted molar refractivity (Wildman–Crippen MR) is 96.6 cm³/mol. The van der Waals surface area contributed by atoms with Crippen LogP contribution >= 0.6 is 0 Å². The SMILES string of the molecule is O=C1CC(c2noc(CNC(=O)c3cc(-c4ccc(F)cc4)c[nH]3)n2)CCN1. The highest BCUT2D eigenvalue weighted by Crippen LogP contribution is 2.23. The summed E-state index contributed by atoms with van der Waals surface area (Å²) in [5.41, 5.74) is 1.94. The third-order valence-electron chi connectivity index (χ3n) is 4.60. The molecule has 0 bridgehead atoms. The number of amides is 2. The zero-order valence-electron chi connectivity index (χ0n) is 14.9. The van der Waals surface area contributed by atoms with Crippen molar-refractivity contribution in [2.24, 2.45) is 0 Å². The van der Waals surface area contributed by atoms with Crippen molar-refractivity contribution < 1.29 is 18.5 Å². The van der Waals surface area contributed by atoms with Gasteiger partial charge in [-0.25, -0.2) is 4.39 Å². The molecule has 9 heteroatoms. The molecule has 1 atom stereocenters. The van der Waals surface area contributed by atoms with Crippen molar-refractivity contribution >= 4 is 11.8 Å². The van der Waals surface area contributed by atoms with E-state index in [0.29, 0.717) is 24.5 Å². The van der Waals surface area contributed by atoms with Gasteiger partial charge < -0.3 is 20.1 Å². The summed E-state index contributed by atoms with van der Waals surface area (Å²) in [6.45, 7) is 0.670. The molecule has 0 spiro atoms. The van der Waals surface area contributed by atoms with Crippen LogP contribution < -0.4 is 10.6 Å². The molecule has 1 aromatic carbocycles. The van der Waals surface area contributed by atoms with Crippen molar-refractivity contribution in [2.75, 3.05) is 6.54 Å². The van der Waals surface area contributed by atoms with Gasteiger partial charge in [0.05, 0.1) is 6.54 Å². The first-order valence-corrected chi connectivity index (χ1v) is 8.90. The molecule has 0 saturated carbocycles. The monoisotopic (exact) mass is 383 g/mol. The van der Waals surface area contributed by atoms with Crippen LogP contribution in [0.25, 0.3) is 11.1 Å². The highest BCUT2D eigenvalue weighted by atomic mass is 19.1. The van der Waals surface area contributed by atoms with Crippen LogP contribution in [0.4, 0.5) is 4.39 Å². The Balaban J connectivity index is 1.36. The number of halogens is 1. The minimum atomic E-state index is -0.329. The van der Waals surface area contributed by atoms with Gasteiger partial charge in [0.2, 0.25) is 11.8 Å². The number of nitrogens with zero attached hydrogens (tertiary/aromatic N) is 2. The van der Waals surface area contributed by atoms with Crippen LogP contribution in [0.1, 0.15) is 41.0 Å². The van der Waals surface area contributed by atoms with E-state index in [1.165, 1.54) is 12.1 Å². The van der Waals surface area contributed by atoms with E-state index in [1.807, 2.05) is 0 Å². The third kappa shape index (κ3) is 3.93. The molecule has 0 aliphatic carbocycles. The third-order valence-corrected chi connectivity index (χ3v) is 4.60. The number of nitrogens with one attached hydrogen (secondary N) is 3. The smallest absolute Gasteiger partial charge is 0.268 e. The first-order chi connectivity index (χ1) is 13.6. The van der Waals surface area contributed by atoms with Crippen molar-refractivity contribution in [2.45, 2.75) is 25.3 Å². The van der Waals surface area contributed by atoms with E-state index >= 15 is 0 Å². The van der Waals surface area contributed by atoms with Gasteiger partial charge in [0, 0.05) is 25.1 Å². The van der Waals surface area contributed by atoms with E-state index in [0.717, 1.165) is 17.5 Å². The van der Waals surface area contributed by atoms with Crippen molar-refractivity contribution in [3.63, 3.8) is 0 Å². The van der Waals surface area contributed by atoms with Crippen LogP contribution in [-0.4, -0.2) is 33.5 Å². The van der Waals surface area contributed by atoms with Gasteiger partial charge in [-0.05, 0) is 35.7 Å². The van der Waals surface area contributed by atoms with Gasteiger partial charge in [0.1, 0.15) is 11.5 Å². The Morgan fingerprint density at radius 1 is 1.29 bits per heavy atom. The Hall–Kier alpha value is -3.49. The van der Waals surface area contributed by atoms with Gasteiger partial charge >= 0.3 is 0 Å². The highest BCUT2D eigenvalue weighted by Gasteiger charge is 2.25. The summed E-state index contributed by atoms with van der Waals surface area (Å²) < 4.78 is 18.2. The molecule has 1 unspecified atom stereocenters. The van der Waals surface area contributed by atoms with Crippen LogP contribution in [-0.2, 0) is 11.3 Å². The van der Waals surface area contributed by atoms with Crippen LogP contribution in [0.2, 0.25) is 0 Å². The Morgan fingerprint density at radius 2 is 2.11 bits per heavy atom. The second-order valence-corrected chi connectivity index (χ2v) is 6.58. The zero-order valence-corrected chi connectivity index (χ0v) is 14.9. The molecular weight excluding hydrogens is 365 g/mol. The molecule has 1 aliphatic heterocycles. The molecule has 4 rings (SSSR count). The summed E-state index contributed by atoms with van der Waals surface area (Å²) in [5.74, 6) is 0.0237. The summed E-state index contributed by atoms with van der Waals surface area (Å²) in [5, 5.41) is 9.39. The van der Waals surface area contributed by atoms with Gasteiger partial charge in [0.25, 0.3) is 5.91 Å². The Labute approximate surface area is 159 Å². The van der Waals surface area contributed by atoms with E-state index in [4.69, 9.17) is 4.52 Å². The quantitative estimate of drug-likeness (QED) is 0.625. The number of rotatable bonds is 5. The maximum atomic E-state index is 13.0. The fourth-order valence-corrected chi connectivity index (χ4v) is 3.10. The second-order valence-electron chi connectivity index (χ2n) is 6.58. The predicted octanol–water partition coefficient (Wildman–Crippen LogP) is 2.13. The molecule has 2 aromatic heterocycles. The highest BCUT2D eigenvalue weighted by molar-refractivity contribution is 5.93. The number of hydrogen-bond acceptors (Lipinski definition) is 5. The first-order valence-electron chi connectivity index (χ1n) is 8.90. The average Bonchev–Trinajstić information content (AvgIpc) is 3.37. The summed E-state index contributed by atoms with van der Waals surface area (Å²) in [7, 11) is 0. The maximum absolute atomic E-state index is 13.0. The lowest BCUT2D eigenvalue weighted by molar-refractivity contribution is -0.122. The maximum Gasteiger partial charge on any atom is 0.268 e. The lowest BCUT2D eigenvalue weighted by atomic mass is 9.97. The second kappa shape index (κ2) is 7.63. The summed E-state index contributed by atoms with van der Waals surface area (Å²) in [6.07, 6.45) is 2.77. The van der Waals surface area contributed by atoms with Crippen molar-refractivity contribution in [3.05, 3.63) is 59.8 Å². The minimum Gasteiger partial charge on any atom is -0.357 e. The minimum absolute atomic E-state index is 0.0281. The molecule has 8 nitrogen and oxygen atoms in total. The topological polar surface area (TPSA) is 113 Å². The molecule has 3 heterocycles. The molecule has 2 amide bonds. The normalized spacial score (nSPS) is 16.6. The average molecular weight is 383 g/mol. The Morgan fingerprint density at radius 3 is 2.89 bits per heavy atom. The number of benzene rings is 1. The van der Waals surface area contributed by atoms with E-state index < -0.39 is 0 Å². The molecule has 1 aliphatic rings. The summed E-state index contributed by atoms with van der Waals surface area (Å²) >= 11 is 0. The number of carbonyl (C=O) groups is 2. The van der Waals surface area contributed by atoms with Crippen molar-refractivity contribution in [3.8, 4) is 11.1 Å². The fraction of sp³-hybridized carbons (Fsp3) is 0.263. The number of aromatic amines is 1. The molecule has 0 radical (unpaired) electrons. The van der Waals surface area contributed by atoms with Crippen LogP contribution in [0.15, 0.2) is 41.1 Å². The Kier molecular flexibility index (Phi) is 4.88. The van der Waals surface area contributed by atoms with Gasteiger partial charge in [0.15, 0.2) is 5.82 Å². The van der Waals surface area contributed by atoms with E-state index in [9.17, 15) is 14.0 Å². The largest absolute Gasteiger partial charge is 0.357 e. The van der Waals surface area contributed by atoms with Crippen LogP contribution in [0.5, 0.6) is 0 Å². The van der Waals surface area contributed by atoms with Crippen LogP contribution in [0.3, 0.4) is 0 Å². The molecular formula is C19H18FN5O3. The van der Waals surface area contributed by atoms with Gasteiger partial charge in [-0.15, -0.1) is 0 Å². The van der Waals surface area contributed by atoms with E-state index in [1.54, 1.807) is 24.4 Å². The molecule has 28 heavy (non-hydrogen) atoms. The number of aromatic nitrogens is 3. The standard InChI is InChI=1S/C19H18FN5O3/c20-14-3-1-11(2-4-14)13-7-15(22-9-13)19(27)23-10-17-24-18(25-28-17)12-5-6-21-16(26)8-12/h1-4,7,9,12,22H,5-6,8,10H2,(H,21,26)(H,23,27). The van der Waals surface area contributed by atoms with Gasteiger partial charge in [-0.2, -0.15) is 4.98 Å². The van der Waals surface area contributed by atoms with Crippen molar-refractivity contribution in [1.82, 2.24) is 25.8 Å². The molecule has 1 fully saturated rings. The zero-order chi connectivity index (χ0) is 19.5. The molecule has 144 valence electrons. The lowest BCUT2D eigenvalue weighted by Crippen LogP contribution is -2.32. The van der Waals surface area contributed by atoms with E-state index in [2.05, 4.69) is 25.8 Å². The lowest BCUT2D eigenvalue weighted by Gasteiger charge is -2.18.